The van der Waals surface area contributed by atoms with Crippen LogP contribution in [0.15, 0.2) is 40.9 Å². The van der Waals surface area contributed by atoms with Crippen LogP contribution in [0.1, 0.15) is 24.0 Å². The molecule has 0 aliphatic heterocycles. The van der Waals surface area contributed by atoms with Gasteiger partial charge in [-0.2, -0.15) is 0 Å². The smallest absolute Gasteiger partial charge is 0.306 e. The summed E-state index contributed by atoms with van der Waals surface area (Å²) in [7, 11) is 0. The minimum absolute atomic E-state index is 0.0726. The highest BCUT2D eigenvalue weighted by Crippen LogP contribution is 2.25. The minimum Gasteiger partial charge on any atom is -0.456 e. The predicted octanol–water partition coefficient (Wildman–Crippen LogP) is 4.62. The maximum Gasteiger partial charge on any atom is 0.306 e. The van der Waals surface area contributed by atoms with E-state index in [1.165, 1.54) is 0 Å². The molecule has 2 rings (SSSR count). The first kappa shape index (κ1) is 21.9. The summed E-state index contributed by atoms with van der Waals surface area (Å²) in [5, 5.41) is 5.71. The quantitative estimate of drug-likeness (QED) is 0.582. The molecule has 2 aromatic carbocycles. The number of para-hydroxylation sites is 1. The molecule has 8 heteroatoms. The first-order valence-electron chi connectivity index (χ1n) is 8.53. The molecule has 0 fully saturated rings. The number of rotatable bonds is 7. The molecule has 0 radical (unpaired) electrons. The lowest BCUT2D eigenvalue weighted by molar-refractivity contribution is -0.147. The number of aryl methyl sites for hydroxylation is 2. The SMILES string of the molecule is Cc1cc(NC(=O)COC(=O)CCC(=O)Nc2ccccc2Cl)cc(C)c1Br. The monoisotopic (exact) mass is 466 g/mol. The summed E-state index contributed by atoms with van der Waals surface area (Å²) in [6, 6.07) is 10.4. The molecule has 2 amide bonds. The Kier molecular flexibility index (Phi) is 8.02. The van der Waals surface area contributed by atoms with Crippen LogP contribution in [0.25, 0.3) is 0 Å². The number of carbonyl (C=O) groups excluding carboxylic acids is 3. The third-order valence-electron chi connectivity index (χ3n) is 3.79. The van der Waals surface area contributed by atoms with E-state index in [0.717, 1.165) is 15.6 Å². The number of amides is 2. The highest BCUT2D eigenvalue weighted by Gasteiger charge is 2.12. The largest absolute Gasteiger partial charge is 0.456 e. The molecule has 2 aromatic rings. The number of nitrogens with one attached hydrogen (secondary N) is 2. The van der Waals surface area contributed by atoms with Crippen molar-refractivity contribution in [3.63, 3.8) is 0 Å². The van der Waals surface area contributed by atoms with Gasteiger partial charge in [0.1, 0.15) is 0 Å². The van der Waals surface area contributed by atoms with Gasteiger partial charge in [-0.05, 0) is 49.2 Å². The molecule has 28 heavy (non-hydrogen) atoms. The van der Waals surface area contributed by atoms with E-state index in [0.29, 0.717) is 16.4 Å². The summed E-state index contributed by atoms with van der Waals surface area (Å²) >= 11 is 9.42. The van der Waals surface area contributed by atoms with Crippen LogP contribution in [0.2, 0.25) is 5.02 Å². The van der Waals surface area contributed by atoms with Crippen molar-refractivity contribution < 1.29 is 19.1 Å². The number of carbonyl (C=O) groups is 3. The second kappa shape index (κ2) is 10.2. The second-order valence-corrected chi connectivity index (χ2v) is 7.36. The summed E-state index contributed by atoms with van der Waals surface area (Å²) in [4.78, 5) is 35.6. The molecule has 0 saturated carbocycles. The average molecular weight is 468 g/mol. The van der Waals surface area contributed by atoms with Crippen molar-refractivity contribution in [2.45, 2.75) is 26.7 Å². The van der Waals surface area contributed by atoms with Crippen LogP contribution in [-0.4, -0.2) is 24.4 Å². The zero-order valence-corrected chi connectivity index (χ0v) is 17.8. The van der Waals surface area contributed by atoms with Crippen LogP contribution in [-0.2, 0) is 19.1 Å². The van der Waals surface area contributed by atoms with Crippen molar-refractivity contribution in [2.24, 2.45) is 0 Å². The zero-order chi connectivity index (χ0) is 20.7. The topological polar surface area (TPSA) is 84.5 Å². The van der Waals surface area contributed by atoms with E-state index in [1.54, 1.807) is 24.3 Å². The minimum atomic E-state index is -0.632. The van der Waals surface area contributed by atoms with Crippen LogP contribution in [0.3, 0.4) is 0 Å². The fourth-order valence-electron chi connectivity index (χ4n) is 2.42. The van der Waals surface area contributed by atoms with Gasteiger partial charge in [0, 0.05) is 16.6 Å². The van der Waals surface area contributed by atoms with Gasteiger partial charge in [-0.1, -0.05) is 39.7 Å². The van der Waals surface area contributed by atoms with Crippen LogP contribution in [0.5, 0.6) is 0 Å². The van der Waals surface area contributed by atoms with Crippen LogP contribution < -0.4 is 10.6 Å². The van der Waals surface area contributed by atoms with E-state index in [-0.39, 0.29) is 18.7 Å². The molecule has 0 aliphatic rings. The third-order valence-corrected chi connectivity index (χ3v) is 5.37. The van der Waals surface area contributed by atoms with Crippen LogP contribution in [0, 0.1) is 13.8 Å². The van der Waals surface area contributed by atoms with Crippen molar-refractivity contribution in [3.8, 4) is 0 Å². The molecule has 0 spiro atoms. The Morgan fingerprint density at radius 3 is 2.29 bits per heavy atom. The molecule has 6 nitrogen and oxygen atoms in total. The molecule has 0 atom stereocenters. The molecule has 2 N–H and O–H groups in total. The number of esters is 1. The van der Waals surface area contributed by atoms with Crippen molar-refractivity contribution in [1.29, 1.82) is 0 Å². The molecule has 0 unspecified atom stereocenters. The van der Waals surface area contributed by atoms with Crippen LogP contribution in [0.4, 0.5) is 11.4 Å². The summed E-state index contributed by atoms with van der Waals surface area (Å²) < 4.78 is 5.90. The first-order chi connectivity index (χ1) is 13.3. The fourth-order valence-corrected chi connectivity index (χ4v) is 2.84. The number of hydrogen-bond donors (Lipinski definition) is 2. The summed E-state index contributed by atoms with van der Waals surface area (Å²) in [5.74, 6) is -1.45. The summed E-state index contributed by atoms with van der Waals surface area (Å²) in [6.45, 7) is 3.42. The van der Waals surface area contributed by atoms with E-state index in [4.69, 9.17) is 16.3 Å². The van der Waals surface area contributed by atoms with Crippen molar-refractivity contribution in [2.75, 3.05) is 17.2 Å². The van der Waals surface area contributed by atoms with Crippen LogP contribution >= 0.6 is 27.5 Å². The van der Waals surface area contributed by atoms with E-state index in [1.807, 2.05) is 26.0 Å². The van der Waals surface area contributed by atoms with Gasteiger partial charge in [0.05, 0.1) is 17.1 Å². The average Bonchev–Trinajstić information content (AvgIpc) is 2.64. The van der Waals surface area contributed by atoms with E-state index in [9.17, 15) is 14.4 Å². The Balaban J connectivity index is 1.74. The second-order valence-electron chi connectivity index (χ2n) is 6.16. The van der Waals surface area contributed by atoms with Gasteiger partial charge in [0.2, 0.25) is 5.91 Å². The molecule has 0 aliphatic carbocycles. The lowest BCUT2D eigenvalue weighted by Gasteiger charge is -2.10. The Morgan fingerprint density at radius 1 is 1.00 bits per heavy atom. The number of anilines is 2. The number of ether oxygens (including phenoxy) is 1. The Morgan fingerprint density at radius 2 is 1.64 bits per heavy atom. The standard InChI is InChI=1S/C20H20BrClN2O4/c1-12-9-14(10-13(2)20(12)21)23-18(26)11-28-19(27)8-7-17(25)24-16-6-4-3-5-15(16)22/h3-6,9-10H,7-8,11H2,1-2H3,(H,23,26)(H,24,25). The van der Waals surface area contributed by atoms with Gasteiger partial charge in [0.25, 0.3) is 5.91 Å². The Hall–Kier alpha value is -2.38. The van der Waals surface area contributed by atoms with E-state index in [2.05, 4.69) is 26.6 Å². The zero-order valence-electron chi connectivity index (χ0n) is 15.5. The predicted molar refractivity (Wildman–Crippen MR) is 113 cm³/mol. The van der Waals surface area contributed by atoms with Gasteiger partial charge < -0.3 is 15.4 Å². The molecule has 0 heterocycles. The maximum absolute atomic E-state index is 11.9. The van der Waals surface area contributed by atoms with Crippen molar-refractivity contribution >= 4 is 56.7 Å². The lowest BCUT2D eigenvalue weighted by Crippen LogP contribution is -2.22. The highest BCUT2D eigenvalue weighted by atomic mass is 79.9. The van der Waals surface area contributed by atoms with Gasteiger partial charge in [0.15, 0.2) is 6.61 Å². The van der Waals surface area contributed by atoms with Gasteiger partial charge in [-0.15, -0.1) is 0 Å². The lowest BCUT2D eigenvalue weighted by atomic mass is 10.1. The summed E-state index contributed by atoms with van der Waals surface area (Å²) in [6.07, 6.45) is -0.211. The Labute approximate surface area is 176 Å². The molecule has 0 aromatic heterocycles. The number of benzene rings is 2. The van der Waals surface area contributed by atoms with Gasteiger partial charge >= 0.3 is 5.97 Å². The summed E-state index contributed by atoms with van der Waals surface area (Å²) in [5.41, 5.74) is 3.06. The maximum atomic E-state index is 11.9. The van der Waals surface area contributed by atoms with E-state index >= 15 is 0 Å². The fraction of sp³-hybridized carbons (Fsp3) is 0.250. The van der Waals surface area contributed by atoms with Gasteiger partial charge in [-0.3, -0.25) is 14.4 Å². The molecule has 0 bridgehead atoms. The van der Waals surface area contributed by atoms with Crippen molar-refractivity contribution in [1.82, 2.24) is 0 Å². The molecular formula is C20H20BrClN2O4. The number of halogens is 2. The molecule has 0 saturated heterocycles. The molecule has 148 valence electrons. The first-order valence-corrected chi connectivity index (χ1v) is 9.70. The number of hydrogen-bond acceptors (Lipinski definition) is 4. The third kappa shape index (κ3) is 6.65. The highest BCUT2D eigenvalue weighted by molar-refractivity contribution is 9.10. The normalized spacial score (nSPS) is 10.3. The van der Waals surface area contributed by atoms with Crippen molar-refractivity contribution in [3.05, 3.63) is 57.0 Å². The van der Waals surface area contributed by atoms with Gasteiger partial charge in [-0.25, -0.2) is 0 Å². The Bertz CT molecular complexity index is 879. The molecular weight excluding hydrogens is 448 g/mol. The van der Waals surface area contributed by atoms with E-state index < -0.39 is 18.5 Å².